The lowest BCUT2D eigenvalue weighted by Gasteiger charge is -2.38. The Bertz CT molecular complexity index is 3030. The molecule has 6 bridgehead atoms. The minimum Gasteiger partial charge on any atom is -0.469 e. The van der Waals surface area contributed by atoms with Crippen LogP contribution in [0.15, 0.2) is 12.2 Å². The van der Waals surface area contributed by atoms with Crippen LogP contribution in [-0.4, -0.2) is 142 Å². The van der Waals surface area contributed by atoms with Crippen LogP contribution in [0.25, 0.3) is 0 Å². The van der Waals surface area contributed by atoms with E-state index in [-0.39, 0.29) is 181 Å². The second kappa shape index (κ2) is 42.3. The smallest absolute Gasteiger partial charge is 0.348 e. The summed E-state index contributed by atoms with van der Waals surface area (Å²) >= 11 is 0. The third kappa shape index (κ3) is 22.3. The first-order valence-electron chi connectivity index (χ1n) is 38.1. The predicted molar refractivity (Wildman–Crippen MR) is 434 cm³/mol. The number of rotatable bonds is 13. The molecule has 0 radical (unpaired) electrons. The van der Waals surface area contributed by atoms with E-state index in [2.05, 4.69) is 9.47 Å². The summed E-state index contributed by atoms with van der Waals surface area (Å²) < 4.78 is 63.2. The maximum Gasteiger partial charge on any atom is 0.348 e. The van der Waals surface area contributed by atoms with Crippen molar-refractivity contribution in [1.29, 1.82) is 0 Å². The van der Waals surface area contributed by atoms with E-state index in [1.807, 2.05) is 130 Å². The van der Waals surface area contributed by atoms with Gasteiger partial charge in [-0.25, -0.2) is 14.4 Å². The molecule has 23 unspecified atom stereocenters. The lowest BCUT2D eigenvalue weighted by atomic mass is 9.64. The molecule has 22 nitrogen and oxygen atoms in total. The van der Waals surface area contributed by atoms with Gasteiger partial charge in [0.25, 0.3) is 0 Å². The summed E-state index contributed by atoms with van der Waals surface area (Å²) in [5.41, 5.74) is -2.31. The molecule has 0 N–H and O–H groups in total. The molecule has 8 saturated carbocycles. The van der Waals surface area contributed by atoms with Crippen molar-refractivity contribution < 1.29 is 105 Å². The lowest BCUT2D eigenvalue weighted by Crippen LogP contribution is -2.38. The van der Waals surface area contributed by atoms with Crippen LogP contribution in [0.3, 0.4) is 0 Å². The van der Waals surface area contributed by atoms with Crippen LogP contribution >= 0.6 is 0 Å². The molecular weight excluding hydrogens is 1420 g/mol. The van der Waals surface area contributed by atoms with Crippen molar-refractivity contribution in [2.24, 2.45) is 116 Å². The van der Waals surface area contributed by atoms with Crippen molar-refractivity contribution in [3.05, 3.63) is 12.2 Å². The molecule has 0 aromatic rings. The minimum absolute atomic E-state index is 0. The molecule has 0 aromatic carbocycles. The van der Waals surface area contributed by atoms with Gasteiger partial charge in [-0.05, 0) is 246 Å². The third-order valence-electron chi connectivity index (χ3n) is 26.5. The Morgan fingerprint density at radius 1 is 0.396 bits per heavy atom. The molecule has 15 rings (SSSR count). The van der Waals surface area contributed by atoms with E-state index in [4.69, 9.17) is 47.4 Å². The van der Waals surface area contributed by atoms with Gasteiger partial charge in [-0.3, -0.25) is 33.6 Å². The largest absolute Gasteiger partial charge is 0.469 e. The van der Waals surface area contributed by atoms with Gasteiger partial charge in [0, 0.05) is 23.7 Å². The first-order chi connectivity index (χ1) is 47.3. The van der Waals surface area contributed by atoms with Crippen LogP contribution in [0.1, 0.15) is 301 Å². The fourth-order valence-electron chi connectivity index (χ4n) is 18.4. The monoisotopic (exact) mass is 1580 g/mol. The number of methoxy groups -OCH3 is 2. The highest BCUT2D eigenvalue weighted by Crippen LogP contribution is 2.71. The van der Waals surface area contributed by atoms with Crippen molar-refractivity contribution in [3.8, 4) is 0 Å². The lowest BCUT2D eigenvalue weighted by molar-refractivity contribution is -0.170. The van der Waals surface area contributed by atoms with Gasteiger partial charge in [-0.2, -0.15) is 0 Å². The molecule has 15 aliphatic rings. The molecule has 111 heavy (non-hydrogen) atoms. The fourth-order valence-corrected chi connectivity index (χ4v) is 18.4. The molecule has 6 saturated heterocycles. The summed E-state index contributed by atoms with van der Waals surface area (Å²) in [6, 6.07) is 0. The average Bonchev–Trinajstić information content (AvgIpc) is 1.53. The fraction of sp³-hybridized carbons (Fsp3) is 0.865. The van der Waals surface area contributed by atoms with E-state index in [1.54, 1.807) is 0 Å². The average molecular weight is 1580 g/mol. The van der Waals surface area contributed by atoms with Gasteiger partial charge in [0.2, 0.25) is 18.3 Å². The number of allylic oxidation sites excluding steroid dienone is 1. The van der Waals surface area contributed by atoms with Gasteiger partial charge < -0.3 is 56.8 Å². The quantitative estimate of drug-likeness (QED) is 0.0716. The summed E-state index contributed by atoms with van der Waals surface area (Å²) in [6.07, 6.45) is 18.2. The van der Waals surface area contributed by atoms with Crippen LogP contribution in [0, 0.1) is 116 Å². The first-order valence-corrected chi connectivity index (χ1v) is 38.1. The Labute approximate surface area is 672 Å². The van der Waals surface area contributed by atoms with Crippen molar-refractivity contribution in [3.63, 3.8) is 0 Å². The van der Waals surface area contributed by atoms with E-state index < -0.39 is 52.3 Å². The number of esters is 10. The van der Waals surface area contributed by atoms with Gasteiger partial charge >= 0.3 is 59.7 Å². The number of carbonyl (C=O) groups is 10. The molecule has 22 heteroatoms. The predicted octanol–water partition coefficient (Wildman–Crippen LogP) is 18.5. The number of cyclic esters (lactones) is 2. The van der Waals surface area contributed by atoms with Crippen LogP contribution in [-0.2, 0) is 105 Å². The summed E-state index contributed by atoms with van der Waals surface area (Å²) in [7, 11) is 2.83. The minimum atomic E-state index is -0.843. The Morgan fingerprint density at radius 2 is 0.802 bits per heavy atom. The van der Waals surface area contributed by atoms with Crippen LogP contribution in [0.5, 0.6) is 0 Å². The maximum absolute atomic E-state index is 12.2. The van der Waals surface area contributed by atoms with Crippen molar-refractivity contribution in [2.75, 3.05) is 27.4 Å². The van der Waals surface area contributed by atoms with Crippen molar-refractivity contribution in [2.45, 2.75) is 356 Å². The number of carbonyl (C=O) groups excluding carboxylic acids is 10. The summed E-state index contributed by atoms with van der Waals surface area (Å²) in [6.45, 7) is 33.3. The number of ether oxygens (including phenoxy) is 12. The second-order valence-electron chi connectivity index (χ2n) is 34.9. The topological polar surface area (TPSA) is 281 Å². The van der Waals surface area contributed by atoms with Gasteiger partial charge in [-0.15, -0.1) is 0 Å². The highest BCUT2D eigenvalue weighted by atomic mass is 16.8. The zero-order valence-electron chi connectivity index (χ0n) is 63.9. The van der Waals surface area contributed by atoms with Crippen molar-refractivity contribution in [1.82, 2.24) is 0 Å². The second-order valence-corrected chi connectivity index (χ2v) is 34.9. The van der Waals surface area contributed by atoms with Gasteiger partial charge in [0.1, 0.15) is 24.4 Å². The Balaban J connectivity index is 0. The van der Waals surface area contributed by atoms with E-state index in [0.717, 1.165) is 93.2 Å². The maximum atomic E-state index is 12.2. The van der Waals surface area contributed by atoms with E-state index in [9.17, 15) is 47.9 Å². The van der Waals surface area contributed by atoms with Gasteiger partial charge in [0.15, 0.2) is 5.79 Å². The zero-order valence-corrected chi connectivity index (χ0v) is 63.9. The summed E-state index contributed by atoms with van der Waals surface area (Å²) in [5, 5.41) is 0. The number of fused-ring (bicyclic) bond motifs is 22. The molecule has 0 amide bonds. The number of hydrogen-bond acceptors (Lipinski definition) is 22. The van der Waals surface area contributed by atoms with Crippen LogP contribution in [0.4, 0.5) is 0 Å². The SMILES string of the molecule is C.C.C.C.C.C.C.C.C.C.CCC(C)(C)C(=O)OC.CCC(C)(C)C(=O)OC.CCC(C)(C)C(=O)OC1C(=O)OC2C1CC1OC(C)(C)OC12.CCC(C)(C)C(=O)OC1C(=O)OC2C=CCC21.CCC(C)(C)C(=O)OC1C(=O)OC2CCCC21.O=C1OCC2C3CC(C12)C1C2CCC(C2)C31.O=C1OCC2C3CCC(C3)C12. The first kappa shape index (κ1) is 107. The molecular formula is C89H160O22. The molecule has 0 aromatic heterocycles. The third-order valence-corrected chi connectivity index (χ3v) is 26.5. The van der Waals surface area contributed by atoms with E-state index in [1.165, 1.54) is 59.2 Å². The standard InChI is InChI=1S/C16H24O6.C14H18O2.C13H20O4.C13H18O4.C9H12O2.2C7H14O2.10CH4/c1-6-15(2,3)14(18)20-11-8-7-9-12(10(8)19-13(11)17)22-16(4,5)21-9;15-14-13-9-4-8(10(13)5-16-14)11-6-1-2-7(3-6)12(9)11;2*1-4-13(2,3)12(15)17-10-8-6-5-7-9(8)16-11(10)14;10-9-8-6-2-1-5(3-6)7(8)4-11-9;2*1-5-7(2,3)6(8)9-4;;;;;;;;;;/h8-12H,6-7H2,1-5H3;6-13H,1-5H2;8-10H,4-7H2,1-3H3;5,7-10H,4,6H2,1-3H3;5-8H,1-4H2;2*5H2,1-4H3;10*1H4. The molecule has 0 spiro atoms. The molecule has 23 atom stereocenters. The highest BCUT2D eigenvalue weighted by Gasteiger charge is 2.69. The van der Waals surface area contributed by atoms with E-state index >= 15 is 0 Å². The number of hydrogen-bond donors (Lipinski definition) is 0. The molecule has 14 fully saturated rings. The highest BCUT2D eigenvalue weighted by molar-refractivity contribution is 5.86. The molecule has 9 aliphatic carbocycles. The Morgan fingerprint density at radius 3 is 1.27 bits per heavy atom. The summed E-state index contributed by atoms with van der Waals surface area (Å²) in [5.74, 6) is 5.89. The van der Waals surface area contributed by atoms with Crippen LogP contribution in [0.2, 0.25) is 0 Å². The van der Waals surface area contributed by atoms with Gasteiger partial charge in [-0.1, -0.05) is 115 Å². The molecule has 6 heterocycles. The zero-order chi connectivity index (χ0) is 74.4. The summed E-state index contributed by atoms with van der Waals surface area (Å²) in [4.78, 5) is 116. The van der Waals surface area contributed by atoms with Crippen molar-refractivity contribution >= 4 is 59.7 Å². The molecule has 6 aliphatic heterocycles. The Hall–Kier alpha value is -5.64. The Kier molecular flexibility index (Phi) is 40.9. The van der Waals surface area contributed by atoms with E-state index in [0.29, 0.717) is 55.3 Å². The van der Waals surface area contributed by atoms with Crippen LogP contribution < -0.4 is 0 Å². The van der Waals surface area contributed by atoms with Gasteiger partial charge in [0.05, 0.1) is 78.4 Å². The molecule has 648 valence electrons. The normalized spacial score (nSPS) is 33.9.